The Bertz CT molecular complexity index is 772. The van der Waals surface area contributed by atoms with Gasteiger partial charge in [-0.2, -0.15) is 0 Å². The zero-order valence-electron chi connectivity index (χ0n) is 15.5. The van der Waals surface area contributed by atoms with Crippen LogP contribution in [0.3, 0.4) is 0 Å². The van der Waals surface area contributed by atoms with E-state index in [1.165, 1.54) is 0 Å². The zero-order valence-corrected chi connectivity index (χ0v) is 15.5. The van der Waals surface area contributed by atoms with E-state index in [9.17, 15) is 9.59 Å². The molecule has 2 rings (SSSR count). The second-order valence-electron chi connectivity index (χ2n) is 6.02. The molecule has 138 valence electrons. The maximum Gasteiger partial charge on any atom is 0.279 e. The van der Waals surface area contributed by atoms with Gasteiger partial charge in [-0.15, -0.1) is 0 Å². The van der Waals surface area contributed by atoms with Crippen molar-refractivity contribution in [3.8, 4) is 11.5 Å². The first-order valence-electron chi connectivity index (χ1n) is 8.35. The molecule has 6 heteroatoms. The highest BCUT2D eigenvalue weighted by Crippen LogP contribution is 2.21. The number of amides is 2. The molecule has 0 aliphatic carbocycles. The monoisotopic (exact) mass is 356 g/mol. The molecule has 1 atom stereocenters. The van der Waals surface area contributed by atoms with Crippen molar-refractivity contribution < 1.29 is 19.1 Å². The molecule has 2 N–H and O–H groups in total. The number of rotatable bonds is 6. The molecule has 0 aromatic heterocycles. The van der Waals surface area contributed by atoms with Crippen LogP contribution in [0.25, 0.3) is 0 Å². The molecule has 0 heterocycles. The van der Waals surface area contributed by atoms with E-state index in [-0.39, 0.29) is 12.3 Å². The van der Waals surface area contributed by atoms with Crippen LogP contribution in [0.5, 0.6) is 11.5 Å². The van der Waals surface area contributed by atoms with Gasteiger partial charge in [0.1, 0.15) is 11.5 Å². The average molecular weight is 356 g/mol. The number of hydrogen-bond donors (Lipinski definition) is 2. The number of aryl methyl sites for hydroxylation is 1. The molecule has 0 aliphatic rings. The van der Waals surface area contributed by atoms with Crippen LogP contribution in [0.2, 0.25) is 0 Å². The number of benzene rings is 2. The van der Waals surface area contributed by atoms with Crippen molar-refractivity contribution in [2.75, 3.05) is 7.11 Å². The molecule has 0 spiro atoms. The highest BCUT2D eigenvalue weighted by atomic mass is 16.5. The van der Waals surface area contributed by atoms with Gasteiger partial charge in [0.15, 0.2) is 6.10 Å². The fourth-order valence-corrected chi connectivity index (χ4v) is 2.30. The number of hydrogen-bond acceptors (Lipinski definition) is 4. The molecule has 26 heavy (non-hydrogen) atoms. The third kappa shape index (κ3) is 5.24. The van der Waals surface area contributed by atoms with Gasteiger partial charge in [-0.25, -0.2) is 0 Å². The Labute approximate surface area is 153 Å². The van der Waals surface area contributed by atoms with Crippen LogP contribution in [0.4, 0.5) is 0 Å². The van der Waals surface area contributed by atoms with Gasteiger partial charge in [0.05, 0.1) is 13.5 Å². The lowest BCUT2D eigenvalue weighted by Crippen LogP contribution is -2.47. The molecular formula is C20H24N2O4. The van der Waals surface area contributed by atoms with Gasteiger partial charge in [-0.05, 0) is 55.7 Å². The molecular weight excluding hydrogens is 332 g/mol. The lowest BCUT2D eigenvalue weighted by Gasteiger charge is -2.17. The van der Waals surface area contributed by atoms with Crippen molar-refractivity contribution in [2.24, 2.45) is 0 Å². The van der Waals surface area contributed by atoms with Crippen LogP contribution in [0, 0.1) is 13.8 Å². The van der Waals surface area contributed by atoms with Gasteiger partial charge < -0.3 is 9.47 Å². The molecule has 1 unspecified atom stereocenters. The van der Waals surface area contributed by atoms with E-state index < -0.39 is 12.0 Å². The minimum absolute atomic E-state index is 0.149. The molecule has 0 saturated carbocycles. The summed E-state index contributed by atoms with van der Waals surface area (Å²) < 4.78 is 10.8. The van der Waals surface area contributed by atoms with Crippen molar-refractivity contribution in [1.29, 1.82) is 0 Å². The molecule has 0 saturated heterocycles. The Morgan fingerprint density at radius 1 is 1.04 bits per heavy atom. The van der Waals surface area contributed by atoms with Gasteiger partial charge in [0.25, 0.3) is 5.91 Å². The normalized spacial score (nSPS) is 11.4. The zero-order chi connectivity index (χ0) is 19.1. The second-order valence-corrected chi connectivity index (χ2v) is 6.02. The summed E-state index contributed by atoms with van der Waals surface area (Å²) in [7, 11) is 1.58. The van der Waals surface area contributed by atoms with Crippen molar-refractivity contribution in [2.45, 2.75) is 33.3 Å². The van der Waals surface area contributed by atoms with Crippen LogP contribution in [0.1, 0.15) is 23.6 Å². The maximum absolute atomic E-state index is 12.1. The summed E-state index contributed by atoms with van der Waals surface area (Å²) in [6.07, 6.45) is -0.590. The maximum atomic E-state index is 12.1. The highest BCUT2D eigenvalue weighted by molar-refractivity contribution is 5.85. The summed E-state index contributed by atoms with van der Waals surface area (Å²) in [5.74, 6) is 0.633. The van der Waals surface area contributed by atoms with Gasteiger partial charge in [-0.3, -0.25) is 20.4 Å². The van der Waals surface area contributed by atoms with Crippen LogP contribution >= 0.6 is 0 Å². The quantitative estimate of drug-likeness (QED) is 0.780. The third-order valence-corrected chi connectivity index (χ3v) is 4.08. The number of hydrazine groups is 1. The number of ether oxygens (including phenoxy) is 2. The lowest BCUT2D eigenvalue weighted by atomic mass is 10.1. The predicted octanol–water partition coefficient (Wildman–Crippen LogP) is 2.47. The van der Waals surface area contributed by atoms with Crippen LogP contribution in [-0.4, -0.2) is 25.0 Å². The molecule has 2 amide bonds. The number of methoxy groups -OCH3 is 1. The van der Waals surface area contributed by atoms with E-state index in [1.54, 1.807) is 38.3 Å². The Balaban J connectivity index is 1.82. The smallest absolute Gasteiger partial charge is 0.279 e. The summed E-state index contributed by atoms with van der Waals surface area (Å²) in [4.78, 5) is 24.1. The summed E-state index contributed by atoms with van der Waals surface area (Å²) in [6.45, 7) is 5.55. The van der Waals surface area contributed by atoms with E-state index in [4.69, 9.17) is 9.47 Å². The number of carbonyl (C=O) groups is 2. The molecule has 0 aliphatic heterocycles. The minimum atomic E-state index is -0.739. The Hall–Kier alpha value is -3.02. The van der Waals surface area contributed by atoms with E-state index in [0.717, 1.165) is 22.4 Å². The summed E-state index contributed by atoms with van der Waals surface area (Å²) >= 11 is 0. The van der Waals surface area contributed by atoms with Gasteiger partial charge in [-0.1, -0.05) is 24.3 Å². The molecule has 0 radical (unpaired) electrons. The van der Waals surface area contributed by atoms with Gasteiger partial charge in [0, 0.05) is 0 Å². The third-order valence-electron chi connectivity index (χ3n) is 4.08. The van der Waals surface area contributed by atoms with Crippen molar-refractivity contribution in [1.82, 2.24) is 10.9 Å². The van der Waals surface area contributed by atoms with Crippen LogP contribution in [-0.2, 0) is 16.0 Å². The predicted molar refractivity (Wildman–Crippen MR) is 99.0 cm³/mol. The fraction of sp³-hybridized carbons (Fsp3) is 0.300. The Morgan fingerprint density at radius 3 is 2.38 bits per heavy atom. The fourth-order valence-electron chi connectivity index (χ4n) is 2.30. The highest BCUT2D eigenvalue weighted by Gasteiger charge is 2.16. The van der Waals surface area contributed by atoms with E-state index >= 15 is 0 Å². The van der Waals surface area contributed by atoms with Gasteiger partial charge in [0.2, 0.25) is 5.91 Å². The first kappa shape index (κ1) is 19.3. The topological polar surface area (TPSA) is 76.7 Å². The van der Waals surface area contributed by atoms with E-state index in [1.807, 2.05) is 32.0 Å². The molecule has 2 aromatic rings. The second kappa shape index (κ2) is 8.89. The van der Waals surface area contributed by atoms with Crippen molar-refractivity contribution in [3.05, 3.63) is 59.2 Å². The van der Waals surface area contributed by atoms with Crippen molar-refractivity contribution in [3.63, 3.8) is 0 Å². The summed E-state index contributed by atoms with van der Waals surface area (Å²) in [5.41, 5.74) is 7.68. The Morgan fingerprint density at radius 2 is 1.73 bits per heavy atom. The number of carbonyl (C=O) groups excluding carboxylic acids is 2. The summed E-state index contributed by atoms with van der Waals surface area (Å²) in [6, 6.07) is 12.8. The Kier molecular flexibility index (Phi) is 6.60. The molecule has 0 bridgehead atoms. The lowest BCUT2D eigenvalue weighted by molar-refractivity contribution is -0.132. The molecule has 6 nitrogen and oxygen atoms in total. The van der Waals surface area contributed by atoms with Crippen molar-refractivity contribution >= 4 is 11.8 Å². The first-order valence-corrected chi connectivity index (χ1v) is 8.35. The van der Waals surface area contributed by atoms with E-state index in [0.29, 0.717) is 5.75 Å². The molecule has 0 fully saturated rings. The minimum Gasteiger partial charge on any atom is -0.497 e. The SMILES string of the molecule is COc1ccc(CC(=O)NNC(=O)C(C)Oc2cccc(C)c2C)cc1. The molecule has 2 aromatic carbocycles. The standard InChI is InChI=1S/C20H24N2O4/c1-13-6-5-7-18(14(13)2)26-15(3)20(24)22-21-19(23)12-16-8-10-17(25-4)11-9-16/h5-11,15H,12H2,1-4H3,(H,21,23)(H,22,24). The summed E-state index contributed by atoms with van der Waals surface area (Å²) in [5, 5.41) is 0. The number of nitrogens with one attached hydrogen (secondary N) is 2. The largest absolute Gasteiger partial charge is 0.497 e. The van der Waals surface area contributed by atoms with E-state index in [2.05, 4.69) is 10.9 Å². The first-order chi connectivity index (χ1) is 12.4. The van der Waals surface area contributed by atoms with Gasteiger partial charge >= 0.3 is 0 Å². The average Bonchev–Trinajstić information content (AvgIpc) is 2.64. The van der Waals surface area contributed by atoms with Crippen LogP contribution < -0.4 is 20.3 Å². The van der Waals surface area contributed by atoms with Crippen LogP contribution in [0.15, 0.2) is 42.5 Å².